The molecular weight excluding hydrogens is 378 g/mol. The normalized spacial score (nSPS) is 26.5. The van der Waals surface area contributed by atoms with Crippen LogP contribution in [-0.2, 0) is 11.3 Å². The van der Waals surface area contributed by atoms with E-state index in [0.29, 0.717) is 18.4 Å². The maximum absolute atomic E-state index is 13.3. The highest BCUT2D eigenvalue weighted by atomic mass is 16.3. The Balaban J connectivity index is 1.33. The molecule has 1 amide bonds. The Kier molecular flexibility index (Phi) is 4.85. The molecule has 3 aromatic rings. The second-order valence-electron chi connectivity index (χ2n) is 9.13. The van der Waals surface area contributed by atoms with Crippen LogP contribution in [0.25, 0.3) is 11.0 Å². The number of carbonyl (C=O) groups excluding carboxylic acids is 1. The average Bonchev–Trinajstić information content (AvgIpc) is 3.45. The fourth-order valence-electron chi connectivity index (χ4n) is 5.33. The number of para-hydroxylation sites is 2. The van der Waals surface area contributed by atoms with Crippen molar-refractivity contribution in [2.24, 2.45) is 11.8 Å². The zero-order chi connectivity index (χ0) is 20.8. The van der Waals surface area contributed by atoms with Crippen molar-refractivity contribution in [2.45, 2.75) is 51.3 Å². The van der Waals surface area contributed by atoms with Gasteiger partial charge in [0.2, 0.25) is 5.91 Å². The van der Waals surface area contributed by atoms with Crippen molar-refractivity contribution in [1.29, 1.82) is 0 Å². The zero-order valence-electron chi connectivity index (χ0n) is 17.6. The molecule has 2 aliphatic rings. The third kappa shape index (κ3) is 3.31. The molecule has 2 fully saturated rings. The summed E-state index contributed by atoms with van der Waals surface area (Å²) < 4.78 is 4.09. The topological polar surface area (TPSA) is 76.2 Å². The number of hydrogen-bond donors (Lipinski definition) is 1. The fourth-order valence-corrected chi connectivity index (χ4v) is 5.33. The molecule has 30 heavy (non-hydrogen) atoms. The summed E-state index contributed by atoms with van der Waals surface area (Å²) in [6.45, 7) is 6.06. The van der Waals surface area contributed by atoms with Crippen LogP contribution < -0.4 is 0 Å². The zero-order valence-corrected chi connectivity index (χ0v) is 17.6. The Morgan fingerprint density at radius 2 is 1.97 bits per heavy atom. The average molecular weight is 408 g/mol. The molecule has 0 bridgehead atoms. The largest absolute Gasteiger partial charge is 0.391 e. The highest BCUT2D eigenvalue weighted by Gasteiger charge is 2.43. The van der Waals surface area contributed by atoms with E-state index in [2.05, 4.69) is 23.4 Å². The number of nitrogens with zero attached hydrogens (tertiary/aromatic N) is 5. The van der Waals surface area contributed by atoms with Gasteiger partial charge in [-0.25, -0.2) is 9.97 Å². The summed E-state index contributed by atoms with van der Waals surface area (Å²) in [5, 5.41) is 10.7. The van der Waals surface area contributed by atoms with E-state index in [1.165, 1.54) is 0 Å². The van der Waals surface area contributed by atoms with E-state index in [1.54, 1.807) is 12.5 Å². The fraction of sp³-hybridized carbons (Fsp3) is 0.522. The Labute approximate surface area is 176 Å². The van der Waals surface area contributed by atoms with Crippen LogP contribution in [0, 0.1) is 11.8 Å². The SMILES string of the molecule is CC(C)c1nc2ccccc2n1CC(=O)N1C[C@H]2C[C@@H](n3ccnc3)[C@H](O)C[C@H]2C1. The van der Waals surface area contributed by atoms with Gasteiger partial charge < -0.3 is 19.1 Å². The number of rotatable bonds is 4. The number of likely N-dealkylation sites (tertiary alicyclic amines) is 1. The minimum atomic E-state index is -0.388. The lowest BCUT2D eigenvalue weighted by molar-refractivity contribution is -0.131. The maximum atomic E-state index is 13.3. The molecule has 5 rings (SSSR count). The standard InChI is InChI=1S/C23H29N5O2/c1-15(2)23-25-18-5-3-4-6-19(18)28(23)13-22(30)27-11-16-9-20(26-8-7-24-14-26)21(29)10-17(16)12-27/h3-8,14-17,20-21,29H,9-13H2,1-2H3/t16-,17+,20-,21-/m1/s1. The van der Waals surface area contributed by atoms with Crippen LogP contribution in [0.5, 0.6) is 0 Å². The Bertz CT molecular complexity index is 1040. The van der Waals surface area contributed by atoms with Gasteiger partial charge in [0.25, 0.3) is 0 Å². The van der Waals surface area contributed by atoms with Crippen LogP contribution in [0.1, 0.15) is 44.5 Å². The molecule has 0 spiro atoms. The van der Waals surface area contributed by atoms with E-state index in [-0.39, 0.29) is 24.0 Å². The monoisotopic (exact) mass is 407 g/mol. The molecule has 1 aromatic carbocycles. The van der Waals surface area contributed by atoms with Crippen LogP contribution in [0.3, 0.4) is 0 Å². The number of hydrogen-bond acceptors (Lipinski definition) is 4. The molecule has 4 atom stereocenters. The predicted molar refractivity (Wildman–Crippen MR) is 114 cm³/mol. The maximum Gasteiger partial charge on any atom is 0.242 e. The molecule has 1 saturated heterocycles. The first kappa shape index (κ1) is 19.3. The van der Waals surface area contributed by atoms with Crippen molar-refractivity contribution in [3.63, 3.8) is 0 Å². The smallest absolute Gasteiger partial charge is 0.242 e. The third-order valence-electron chi connectivity index (χ3n) is 6.86. The van der Waals surface area contributed by atoms with Crippen molar-refractivity contribution in [3.8, 4) is 0 Å². The van der Waals surface area contributed by atoms with Gasteiger partial charge in [0.15, 0.2) is 0 Å². The van der Waals surface area contributed by atoms with Crippen LogP contribution in [0.2, 0.25) is 0 Å². The summed E-state index contributed by atoms with van der Waals surface area (Å²) in [5.74, 6) is 2.14. The first-order valence-electron chi connectivity index (χ1n) is 10.9. The third-order valence-corrected chi connectivity index (χ3v) is 6.86. The lowest BCUT2D eigenvalue weighted by Gasteiger charge is -2.35. The van der Waals surface area contributed by atoms with E-state index in [4.69, 9.17) is 4.98 Å². The number of imidazole rings is 2. The molecule has 7 nitrogen and oxygen atoms in total. The van der Waals surface area contributed by atoms with Crippen molar-refractivity contribution in [1.82, 2.24) is 24.0 Å². The Morgan fingerprint density at radius 1 is 1.20 bits per heavy atom. The predicted octanol–water partition coefficient (Wildman–Crippen LogP) is 2.83. The van der Waals surface area contributed by atoms with Crippen molar-refractivity contribution < 1.29 is 9.90 Å². The summed E-state index contributed by atoms with van der Waals surface area (Å²) in [4.78, 5) is 24.2. The molecule has 0 unspecified atom stereocenters. The van der Waals surface area contributed by atoms with Crippen LogP contribution in [0.4, 0.5) is 0 Å². The van der Waals surface area contributed by atoms with Gasteiger partial charge in [-0.05, 0) is 36.8 Å². The van der Waals surface area contributed by atoms with Gasteiger partial charge in [-0.3, -0.25) is 4.79 Å². The van der Waals surface area contributed by atoms with Gasteiger partial charge in [-0.1, -0.05) is 26.0 Å². The van der Waals surface area contributed by atoms with E-state index in [0.717, 1.165) is 42.8 Å². The van der Waals surface area contributed by atoms with Gasteiger partial charge in [-0.15, -0.1) is 0 Å². The summed E-state index contributed by atoms with van der Waals surface area (Å²) in [6, 6.07) is 8.08. The van der Waals surface area contributed by atoms with E-state index in [1.807, 2.05) is 39.9 Å². The summed E-state index contributed by atoms with van der Waals surface area (Å²) in [5.41, 5.74) is 1.96. The first-order valence-corrected chi connectivity index (χ1v) is 10.9. The van der Waals surface area contributed by atoms with Gasteiger partial charge in [-0.2, -0.15) is 0 Å². The minimum absolute atomic E-state index is 0.0499. The summed E-state index contributed by atoms with van der Waals surface area (Å²) >= 11 is 0. The van der Waals surface area contributed by atoms with Crippen molar-refractivity contribution in [2.75, 3.05) is 13.1 Å². The molecule has 1 aliphatic heterocycles. The number of aromatic nitrogens is 4. The molecule has 1 N–H and O–H groups in total. The number of aliphatic hydroxyl groups is 1. The number of amides is 1. The van der Waals surface area contributed by atoms with Gasteiger partial charge in [0.05, 0.1) is 29.5 Å². The minimum Gasteiger partial charge on any atom is -0.391 e. The van der Waals surface area contributed by atoms with E-state index in [9.17, 15) is 9.90 Å². The molecule has 3 heterocycles. The Morgan fingerprint density at radius 3 is 2.70 bits per heavy atom. The highest BCUT2D eigenvalue weighted by molar-refractivity contribution is 5.81. The van der Waals surface area contributed by atoms with Gasteiger partial charge in [0.1, 0.15) is 12.4 Å². The second-order valence-corrected chi connectivity index (χ2v) is 9.13. The lowest BCUT2D eigenvalue weighted by Crippen LogP contribution is -2.35. The van der Waals surface area contributed by atoms with E-state index < -0.39 is 0 Å². The molecule has 2 aromatic heterocycles. The van der Waals surface area contributed by atoms with Crippen molar-refractivity contribution >= 4 is 16.9 Å². The number of benzene rings is 1. The van der Waals surface area contributed by atoms with Gasteiger partial charge >= 0.3 is 0 Å². The van der Waals surface area contributed by atoms with Crippen molar-refractivity contribution in [3.05, 3.63) is 48.8 Å². The molecule has 0 radical (unpaired) electrons. The van der Waals surface area contributed by atoms with Gasteiger partial charge in [0, 0.05) is 31.4 Å². The number of aliphatic hydroxyl groups excluding tert-OH is 1. The molecule has 1 aliphatic carbocycles. The Hall–Kier alpha value is -2.67. The summed E-state index contributed by atoms with van der Waals surface area (Å²) in [7, 11) is 0. The van der Waals surface area contributed by atoms with Crippen LogP contribution in [-0.4, -0.2) is 54.2 Å². The van der Waals surface area contributed by atoms with Crippen LogP contribution >= 0.6 is 0 Å². The quantitative estimate of drug-likeness (QED) is 0.722. The van der Waals surface area contributed by atoms with E-state index >= 15 is 0 Å². The number of carbonyl (C=O) groups is 1. The van der Waals surface area contributed by atoms with Crippen LogP contribution in [0.15, 0.2) is 43.0 Å². The first-order chi connectivity index (χ1) is 14.5. The molecule has 158 valence electrons. The molecule has 7 heteroatoms. The molecular formula is C23H29N5O2. The summed E-state index contributed by atoms with van der Waals surface area (Å²) in [6.07, 6.45) is 6.69. The molecule has 1 saturated carbocycles. The second kappa shape index (κ2) is 7.54. The lowest BCUT2D eigenvalue weighted by atomic mass is 9.77. The number of fused-ring (bicyclic) bond motifs is 2. The highest BCUT2D eigenvalue weighted by Crippen LogP contribution is 2.41.